The average Bonchev–Trinajstić information content (AvgIpc) is 3.22. The highest BCUT2D eigenvalue weighted by Crippen LogP contribution is 2.47. The molecule has 1 N–H and O–H groups in total. The van der Waals surface area contributed by atoms with E-state index in [2.05, 4.69) is 20.7 Å². The van der Waals surface area contributed by atoms with Crippen LogP contribution in [0.5, 0.6) is 0 Å². The lowest BCUT2D eigenvalue weighted by molar-refractivity contribution is -0.330. The van der Waals surface area contributed by atoms with E-state index in [9.17, 15) is 47.6 Å². The molecule has 0 amide bonds. The fourth-order valence-corrected chi connectivity index (χ4v) is 7.47. The van der Waals surface area contributed by atoms with Gasteiger partial charge in [-0.15, -0.1) is 0 Å². The summed E-state index contributed by atoms with van der Waals surface area (Å²) in [7, 11) is -9.74. The number of hydrogen-bond donors (Lipinski definition) is 1. The molecule has 1 heterocycles. The average molecular weight is 679 g/mol. The SMILES string of the molecule is Cc1ccc(S(=O)(=O)n2cc(S(=O)(=O)Nc3cc(F)c(Br)cc3F)c3c2C[C@](OC(F)F)(C(F)(F)F)CC3)cc1. The summed E-state index contributed by atoms with van der Waals surface area (Å²) in [6, 6.07) is 6.13. The molecule has 2 aromatic carbocycles. The van der Waals surface area contributed by atoms with Crippen molar-refractivity contribution < 1.29 is 52.3 Å². The van der Waals surface area contributed by atoms with Crippen LogP contribution in [0.25, 0.3) is 0 Å². The maximum Gasteiger partial charge on any atom is 0.418 e. The second kappa shape index (κ2) is 10.3. The first-order valence-corrected chi connectivity index (χ1v) is 14.8. The standard InChI is InChI=1S/C23H18BrF7N2O5S2/c1-12-2-4-13(5-3-12)40(36,37)33-11-20(39(34,35)32-18-9-16(25)15(24)8-17(18)26)14-6-7-22(10-19(14)33,23(29,30)31)38-21(27)28/h2-5,8-9,11,21,32H,6-7,10H2,1H3/t22-/m0/s1. The molecule has 40 heavy (non-hydrogen) atoms. The van der Waals surface area contributed by atoms with Crippen LogP contribution < -0.4 is 4.72 Å². The van der Waals surface area contributed by atoms with Crippen LogP contribution in [-0.4, -0.2) is 39.2 Å². The monoisotopic (exact) mass is 678 g/mol. The van der Waals surface area contributed by atoms with E-state index in [1.54, 1.807) is 11.6 Å². The number of anilines is 1. The molecule has 1 atom stereocenters. The Kier molecular flexibility index (Phi) is 7.83. The van der Waals surface area contributed by atoms with E-state index in [0.717, 1.165) is 12.1 Å². The van der Waals surface area contributed by atoms with E-state index in [1.807, 2.05) is 0 Å². The highest BCUT2D eigenvalue weighted by molar-refractivity contribution is 9.10. The van der Waals surface area contributed by atoms with Gasteiger partial charge in [-0.05, 0) is 59.5 Å². The van der Waals surface area contributed by atoms with E-state index in [1.165, 1.54) is 12.1 Å². The van der Waals surface area contributed by atoms with Crippen LogP contribution in [0.3, 0.4) is 0 Å². The molecule has 0 saturated carbocycles. The van der Waals surface area contributed by atoms with Gasteiger partial charge in [-0.1, -0.05) is 17.7 Å². The number of nitrogens with zero attached hydrogens (tertiary/aromatic N) is 1. The number of hydrogen-bond acceptors (Lipinski definition) is 5. The fourth-order valence-electron chi connectivity index (χ4n) is 4.33. The summed E-state index contributed by atoms with van der Waals surface area (Å²) in [6.07, 6.45) is -8.40. The zero-order chi connectivity index (χ0) is 29.8. The maximum absolute atomic E-state index is 14.4. The van der Waals surface area contributed by atoms with Crippen molar-refractivity contribution in [1.82, 2.24) is 3.97 Å². The van der Waals surface area contributed by atoms with Crippen LogP contribution >= 0.6 is 15.9 Å². The molecular weight excluding hydrogens is 661 g/mol. The van der Waals surface area contributed by atoms with Crippen LogP contribution in [0.1, 0.15) is 23.2 Å². The minimum Gasteiger partial charge on any atom is -0.306 e. The zero-order valence-electron chi connectivity index (χ0n) is 20.1. The number of nitrogens with one attached hydrogen (secondary N) is 1. The topological polar surface area (TPSA) is 94.5 Å². The highest BCUT2D eigenvalue weighted by Gasteiger charge is 2.60. The van der Waals surface area contributed by atoms with Crippen LogP contribution in [0, 0.1) is 18.6 Å². The van der Waals surface area contributed by atoms with Gasteiger partial charge < -0.3 is 4.74 Å². The van der Waals surface area contributed by atoms with Crippen molar-refractivity contribution in [2.75, 3.05) is 4.72 Å². The summed E-state index contributed by atoms with van der Waals surface area (Å²) in [5.74, 6) is -2.28. The lowest BCUT2D eigenvalue weighted by atomic mass is 9.83. The Bertz CT molecular complexity index is 1670. The normalized spacial score (nSPS) is 18.1. The second-order valence-corrected chi connectivity index (χ2v) is 13.3. The number of alkyl halides is 5. The molecule has 0 radical (unpaired) electrons. The third-order valence-corrected chi connectivity index (χ3v) is 10.1. The van der Waals surface area contributed by atoms with Crippen molar-refractivity contribution >= 4 is 41.7 Å². The molecule has 17 heteroatoms. The Labute approximate surface area is 232 Å². The van der Waals surface area contributed by atoms with Crippen molar-refractivity contribution in [3.05, 3.63) is 75.5 Å². The minimum absolute atomic E-state index is 0.258. The Balaban J connectivity index is 1.93. The predicted molar refractivity (Wildman–Crippen MR) is 131 cm³/mol. The first-order chi connectivity index (χ1) is 18.4. The van der Waals surface area contributed by atoms with Gasteiger partial charge in [0, 0.05) is 24.4 Å². The quantitative estimate of drug-likeness (QED) is 0.248. The third kappa shape index (κ3) is 5.47. The number of benzene rings is 2. The van der Waals surface area contributed by atoms with Crippen molar-refractivity contribution in [3.8, 4) is 0 Å². The van der Waals surface area contributed by atoms with Gasteiger partial charge in [-0.25, -0.2) is 29.6 Å². The molecule has 0 saturated heterocycles. The Morgan fingerprint density at radius 2 is 1.68 bits per heavy atom. The molecule has 0 unspecified atom stereocenters. The molecule has 0 aliphatic heterocycles. The lowest BCUT2D eigenvalue weighted by Gasteiger charge is -2.38. The van der Waals surface area contributed by atoms with E-state index in [-0.39, 0.29) is 8.45 Å². The zero-order valence-corrected chi connectivity index (χ0v) is 23.3. The number of sulfonamides is 1. The Morgan fingerprint density at radius 3 is 2.25 bits per heavy atom. The van der Waals surface area contributed by atoms with Gasteiger partial charge in [-0.3, -0.25) is 4.72 Å². The summed E-state index contributed by atoms with van der Waals surface area (Å²) in [6.45, 7) is -2.26. The molecule has 1 aliphatic rings. The molecule has 1 aromatic heterocycles. The third-order valence-electron chi connectivity index (χ3n) is 6.33. The summed E-state index contributed by atoms with van der Waals surface area (Å²) >= 11 is 2.73. The number of ether oxygens (including phenoxy) is 1. The van der Waals surface area contributed by atoms with E-state index < -0.39 is 96.1 Å². The molecule has 0 bridgehead atoms. The van der Waals surface area contributed by atoms with Gasteiger partial charge in [0.05, 0.1) is 15.1 Å². The van der Waals surface area contributed by atoms with Crippen molar-refractivity contribution in [3.63, 3.8) is 0 Å². The number of rotatable bonds is 7. The predicted octanol–water partition coefficient (Wildman–Crippen LogP) is 5.90. The smallest absolute Gasteiger partial charge is 0.306 e. The van der Waals surface area contributed by atoms with Gasteiger partial charge in [0.25, 0.3) is 20.0 Å². The van der Waals surface area contributed by atoms with Gasteiger partial charge >= 0.3 is 12.8 Å². The van der Waals surface area contributed by atoms with E-state index in [0.29, 0.717) is 23.9 Å². The largest absolute Gasteiger partial charge is 0.418 e. The molecule has 0 spiro atoms. The number of halogens is 8. The van der Waals surface area contributed by atoms with Gasteiger partial charge in [0.2, 0.25) is 0 Å². The number of aryl methyl sites for hydroxylation is 1. The fraction of sp³-hybridized carbons (Fsp3) is 0.304. The van der Waals surface area contributed by atoms with Crippen molar-refractivity contribution in [1.29, 1.82) is 0 Å². The minimum atomic E-state index is -5.40. The van der Waals surface area contributed by atoms with Crippen LogP contribution in [-0.2, 0) is 37.6 Å². The maximum atomic E-state index is 14.4. The summed E-state index contributed by atoms with van der Waals surface area (Å²) in [5, 5.41) is 0. The first-order valence-electron chi connectivity index (χ1n) is 11.1. The van der Waals surface area contributed by atoms with Crippen LogP contribution in [0.15, 0.2) is 56.9 Å². The van der Waals surface area contributed by atoms with Gasteiger partial charge in [0.15, 0.2) is 5.60 Å². The van der Waals surface area contributed by atoms with Crippen LogP contribution in [0.2, 0.25) is 0 Å². The van der Waals surface area contributed by atoms with Crippen molar-refractivity contribution in [2.45, 2.75) is 54.4 Å². The molecule has 4 rings (SSSR count). The number of aromatic nitrogens is 1. The molecule has 7 nitrogen and oxygen atoms in total. The highest BCUT2D eigenvalue weighted by atomic mass is 79.9. The van der Waals surface area contributed by atoms with Crippen LogP contribution in [0.4, 0.5) is 36.4 Å². The molecule has 3 aromatic rings. The first kappa shape index (κ1) is 30.3. The van der Waals surface area contributed by atoms with Gasteiger partial charge in [0.1, 0.15) is 16.5 Å². The Morgan fingerprint density at radius 1 is 1.05 bits per heavy atom. The van der Waals surface area contributed by atoms with Crippen molar-refractivity contribution in [2.24, 2.45) is 0 Å². The molecular formula is C23H18BrF7N2O5S2. The molecule has 218 valence electrons. The Hall–Kier alpha value is -2.63. The molecule has 0 fully saturated rings. The second-order valence-electron chi connectivity index (χ2n) is 8.93. The van der Waals surface area contributed by atoms with E-state index in [4.69, 9.17) is 0 Å². The van der Waals surface area contributed by atoms with Gasteiger partial charge in [-0.2, -0.15) is 22.0 Å². The lowest BCUT2D eigenvalue weighted by Crippen LogP contribution is -2.53. The molecule has 1 aliphatic carbocycles. The van der Waals surface area contributed by atoms with E-state index >= 15 is 0 Å². The summed E-state index contributed by atoms with van der Waals surface area (Å²) in [5.41, 5.74) is -4.99. The summed E-state index contributed by atoms with van der Waals surface area (Å²) < 4.78 is 156. The summed E-state index contributed by atoms with van der Waals surface area (Å²) in [4.78, 5) is -1.31. The number of fused-ring (bicyclic) bond motifs is 1.